The van der Waals surface area contributed by atoms with Gasteiger partial charge in [-0.25, -0.2) is 0 Å². The van der Waals surface area contributed by atoms with Crippen LogP contribution < -0.4 is 0 Å². The molecular weight excluding hydrogens is 475 g/mol. The SMILES string of the molecule is Clc1ccc(C(CBr)(CBr)Cc2cc(Br)cs2)cc1. The molecule has 0 aliphatic carbocycles. The Balaban J connectivity index is 2.33. The van der Waals surface area contributed by atoms with Crippen LogP contribution >= 0.6 is 70.7 Å². The van der Waals surface area contributed by atoms with Gasteiger partial charge in [-0.2, -0.15) is 0 Å². The van der Waals surface area contributed by atoms with Crippen LogP contribution in [0.2, 0.25) is 5.02 Å². The van der Waals surface area contributed by atoms with Gasteiger partial charge in [0, 0.05) is 35.8 Å². The van der Waals surface area contributed by atoms with Crippen LogP contribution in [0.5, 0.6) is 0 Å². The van der Waals surface area contributed by atoms with Gasteiger partial charge in [-0.3, -0.25) is 0 Å². The van der Waals surface area contributed by atoms with Gasteiger partial charge in [0.2, 0.25) is 0 Å². The second-order valence-corrected chi connectivity index (χ2v) is 7.93. The molecule has 0 aliphatic heterocycles. The number of halogens is 4. The Labute approximate surface area is 147 Å². The zero-order valence-corrected chi connectivity index (χ0v) is 16.3. The molecule has 102 valence electrons. The first kappa shape index (κ1) is 16.0. The highest BCUT2D eigenvalue weighted by Crippen LogP contribution is 2.35. The van der Waals surface area contributed by atoms with Crippen molar-refractivity contribution in [3.8, 4) is 0 Å². The third kappa shape index (κ3) is 3.85. The van der Waals surface area contributed by atoms with Crippen molar-refractivity contribution in [2.45, 2.75) is 11.8 Å². The first-order valence-electron chi connectivity index (χ1n) is 5.70. The van der Waals surface area contributed by atoms with Crippen LogP contribution in [0.25, 0.3) is 0 Å². The van der Waals surface area contributed by atoms with E-state index < -0.39 is 0 Å². The number of hydrogen-bond acceptors (Lipinski definition) is 1. The van der Waals surface area contributed by atoms with Crippen molar-refractivity contribution in [2.75, 3.05) is 10.7 Å². The molecule has 0 saturated carbocycles. The average Bonchev–Trinajstić information content (AvgIpc) is 2.82. The third-order valence-electron chi connectivity index (χ3n) is 3.10. The van der Waals surface area contributed by atoms with Crippen molar-refractivity contribution >= 4 is 70.7 Å². The molecule has 0 nitrogen and oxygen atoms in total. The van der Waals surface area contributed by atoms with Gasteiger partial charge < -0.3 is 0 Å². The van der Waals surface area contributed by atoms with Crippen LogP contribution in [-0.4, -0.2) is 10.7 Å². The summed E-state index contributed by atoms with van der Waals surface area (Å²) in [6.45, 7) is 0. The van der Waals surface area contributed by atoms with Crippen molar-refractivity contribution in [2.24, 2.45) is 0 Å². The van der Waals surface area contributed by atoms with Crippen molar-refractivity contribution in [3.05, 3.63) is 55.6 Å². The maximum atomic E-state index is 5.98. The fraction of sp³-hybridized carbons (Fsp3) is 0.286. The van der Waals surface area contributed by atoms with E-state index in [1.165, 1.54) is 10.4 Å². The lowest BCUT2D eigenvalue weighted by Gasteiger charge is -2.30. The zero-order valence-electron chi connectivity index (χ0n) is 10.0. The van der Waals surface area contributed by atoms with Gasteiger partial charge in [0.15, 0.2) is 0 Å². The molecule has 0 N–H and O–H groups in total. The number of thiophene rings is 1. The zero-order chi connectivity index (χ0) is 13.9. The van der Waals surface area contributed by atoms with Gasteiger partial charge in [0.25, 0.3) is 0 Å². The summed E-state index contributed by atoms with van der Waals surface area (Å²) in [5, 5.41) is 4.72. The van der Waals surface area contributed by atoms with E-state index in [2.05, 4.69) is 71.4 Å². The van der Waals surface area contributed by atoms with Crippen molar-refractivity contribution < 1.29 is 0 Å². The molecule has 0 unspecified atom stereocenters. The minimum absolute atomic E-state index is 0.0505. The first-order chi connectivity index (χ1) is 9.09. The van der Waals surface area contributed by atoms with Gasteiger partial charge in [-0.1, -0.05) is 55.6 Å². The fourth-order valence-corrected chi connectivity index (χ4v) is 5.66. The third-order valence-corrected chi connectivity index (χ3v) is 7.20. The highest BCUT2D eigenvalue weighted by molar-refractivity contribution is 9.10. The van der Waals surface area contributed by atoms with Crippen LogP contribution in [0, 0.1) is 0 Å². The molecular formula is C14H12Br3ClS. The lowest BCUT2D eigenvalue weighted by atomic mass is 9.81. The molecule has 1 aromatic carbocycles. The van der Waals surface area contributed by atoms with E-state index in [0.717, 1.165) is 26.6 Å². The number of rotatable bonds is 5. The maximum absolute atomic E-state index is 5.98. The molecule has 2 aromatic rings. The van der Waals surface area contributed by atoms with Crippen molar-refractivity contribution in [1.29, 1.82) is 0 Å². The second-order valence-electron chi connectivity index (χ2n) is 4.46. The van der Waals surface area contributed by atoms with E-state index >= 15 is 0 Å². The molecule has 0 aliphatic rings. The maximum Gasteiger partial charge on any atom is 0.0406 e. The van der Waals surface area contributed by atoms with Crippen LogP contribution in [-0.2, 0) is 11.8 Å². The standard InChI is InChI=1S/C14H12Br3ClS/c15-8-14(9-16,6-13-5-11(17)7-19-13)10-1-3-12(18)4-2-10/h1-5,7H,6,8-9H2. The van der Waals surface area contributed by atoms with E-state index in [-0.39, 0.29) is 5.41 Å². The summed E-state index contributed by atoms with van der Waals surface area (Å²) in [4.78, 5) is 1.38. The molecule has 0 radical (unpaired) electrons. The summed E-state index contributed by atoms with van der Waals surface area (Å²) in [5.74, 6) is 0. The molecule has 0 saturated heterocycles. The molecule has 19 heavy (non-hydrogen) atoms. The van der Waals surface area contributed by atoms with E-state index in [1.54, 1.807) is 11.3 Å². The molecule has 0 fully saturated rings. The fourth-order valence-electron chi connectivity index (χ4n) is 1.97. The molecule has 0 spiro atoms. The van der Waals surface area contributed by atoms with Gasteiger partial charge in [0.05, 0.1) is 0 Å². The average molecular weight is 487 g/mol. The van der Waals surface area contributed by atoms with E-state index in [9.17, 15) is 0 Å². The summed E-state index contributed by atoms with van der Waals surface area (Å²) >= 11 is 18.7. The first-order valence-corrected chi connectivity index (χ1v) is 10.00. The summed E-state index contributed by atoms with van der Waals surface area (Å²) in [6, 6.07) is 10.4. The predicted molar refractivity (Wildman–Crippen MR) is 96.4 cm³/mol. The van der Waals surface area contributed by atoms with E-state index in [1.807, 2.05) is 12.1 Å². The lowest BCUT2D eigenvalue weighted by Crippen LogP contribution is -2.32. The second kappa shape index (κ2) is 7.08. The lowest BCUT2D eigenvalue weighted by molar-refractivity contribution is 0.556. The molecule has 0 amide bonds. The summed E-state index contributed by atoms with van der Waals surface area (Å²) < 4.78 is 1.15. The minimum Gasteiger partial charge on any atom is -0.148 e. The summed E-state index contributed by atoms with van der Waals surface area (Å²) in [6.07, 6.45) is 1.00. The molecule has 0 atom stereocenters. The number of alkyl halides is 2. The van der Waals surface area contributed by atoms with Gasteiger partial charge >= 0.3 is 0 Å². The largest absolute Gasteiger partial charge is 0.148 e. The van der Waals surface area contributed by atoms with Crippen LogP contribution in [0.15, 0.2) is 40.2 Å². The Morgan fingerprint density at radius 2 is 1.74 bits per heavy atom. The topological polar surface area (TPSA) is 0 Å². The smallest absolute Gasteiger partial charge is 0.0406 e. The highest BCUT2D eigenvalue weighted by Gasteiger charge is 2.31. The van der Waals surface area contributed by atoms with E-state index in [0.29, 0.717) is 0 Å². The predicted octanol–water partition coefficient (Wildman–Crippen LogP) is 6.43. The molecule has 0 bridgehead atoms. The molecule has 5 heteroatoms. The Bertz CT molecular complexity index is 532. The number of hydrogen-bond donors (Lipinski definition) is 0. The Hall–Kier alpha value is 0.650. The van der Waals surface area contributed by atoms with Crippen LogP contribution in [0.1, 0.15) is 10.4 Å². The van der Waals surface area contributed by atoms with Crippen LogP contribution in [0.3, 0.4) is 0 Å². The number of benzene rings is 1. The van der Waals surface area contributed by atoms with E-state index in [4.69, 9.17) is 11.6 Å². The normalized spacial score (nSPS) is 11.8. The Kier molecular flexibility index (Phi) is 5.97. The summed E-state index contributed by atoms with van der Waals surface area (Å²) in [5.41, 5.74) is 1.35. The Morgan fingerprint density at radius 3 is 2.21 bits per heavy atom. The van der Waals surface area contributed by atoms with Gasteiger partial charge in [-0.05, 0) is 46.1 Å². The molecule has 2 rings (SSSR count). The van der Waals surface area contributed by atoms with Gasteiger partial charge in [-0.15, -0.1) is 11.3 Å². The summed E-state index contributed by atoms with van der Waals surface area (Å²) in [7, 11) is 0. The quantitative estimate of drug-likeness (QED) is 0.426. The monoisotopic (exact) mass is 484 g/mol. The van der Waals surface area contributed by atoms with Gasteiger partial charge in [0.1, 0.15) is 0 Å². The minimum atomic E-state index is 0.0505. The Morgan fingerprint density at radius 1 is 1.11 bits per heavy atom. The van der Waals surface area contributed by atoms with Crippen molar-refractivity contribution in [3.63, 3.8) is 0 Å². The molecule has 1 heterocycles. The molecule has 1 aromatic heterocycles. The van der Waals surface area contributed by atoms with Crippen molar-refractivity contribution in [1.82, 2.24) is 0 Å². The highest BCUT2D eigenvalue weighted by atomic mass is 79.9. The van der Waals surface area contributed by atoms with Crippen LogP contribution in [0.4, 0.5) is 0 Å².